The van der Waals surface area contributed by atoms with E-state index in [1.165, 1.54) is 0 Å². The molecule has 1 atom stereocenters. The molecule has 0 heterocycles. The molecule has 0 spiro atoms. The summed E-state index contributed by atoms with van der Waals surface area (Å²) in [6.45, 7) is 8.80. The number of hydrogen-bond acceptors (Lipinski definition) is 1. The van der Waals surface area contributed by atoms with Gasteiger partial charge in [0.25, 0.3) is 0 Å². The molecular formula is C10H10BrNO. The van der Waals surface area contributed by atoms with E-state index < -0.39 is 0 Å². The number of halogens is 1. The minimum absolute atomic E-state index is 0.135. The van der Waals surface area contributed by atoms with Gasteiger partial charge in [0.2, 0.25) is 6.04 Å². The number of hydrogen-bond donors (Lipinski definition) is 0. The highest BCUT2D eigenvalue weighted by molar-refractivity contribution is 9.10. The Morgan fingerprint density at radius 1 is 1.54 bits per heavy atom. The first-order valence-corrected chi connectivity index (χ1v) is 4.68. The maximum Gasteiger partial charge on any atom is 0.247 e. The molecule has 0 aliphatic heterocycles. The van der Waals surface area contributed by atoms with Crippen molar-refractivity contribution in [2.24, 2.45) is 0 Å². The molecule has 3 heteroatoms. The third-order valence-corrected chi connectivity index (χ3v) is 2.57. The molecule has 0 N–H and O–H groups in total. The van der Waals surface area contributed by atoms with Crippen LogP contribution in [0.25, 0.3) is 4.85 Å². The summed E-state index contributed by atoms with van der Waals surface area (Å²) in [7, 11) is 1.62. The van der Waals surface area contributed by atoms with Gasteiger partial charge in [0.1, 0.15) is 5.75 Å². The predicted octanol–water partition coefficient (Wildman–Crippen LogP) is 3.44. The van der Waals surface area contributed by atoms with Crippen LogP contribution < -0.4 is 4.74 Å². The van der Waals surface area contributed by atoms with Crippen molar-refractivity contribution in [1.82, 2.24) is 0 Å². The topological polar surface area (TPSA) is 13.6 Å². The van der Waals surface area contributed by atoms with E-state index in [0.717, 1.165) is 15.8 Å². The van der Waals surface area contributed by atoms with Crippen molar-refractivity contribution in [2.45, 2.75) is 13.0 Å². The second-order valence-electron chi connectivity index (χ2n) is 2.69. The second-order valence-corrected chi connectivity index (χ2v) is 3.55. The molecule has 68 valence electrons. The highest BCUT2D eigenvalue weighted by atomic mass is 79.9. The average molecular weight is 240 g/mol. The van der Waals surface area contributed by atoms with E-state index in [-0.39, 0.29) is 6.04 Å². The van der Waals surface area contributed by atoms with Crippen molar-refractivity contribution in [3.8, 4) is 5.75 Å². The molecule has 0 aliphatic carbocycles. The monoisotopic (exact) mass is 239 g/mol. The van der Waals surface area contributed by atoms with Gasteiger partial charge >= 0.3 is 0 Å². The van der Waals surface area contributed by atoms with Gasteiger partial charge in [-0.25, -0.2) is 6.57 Å². The summed E-state index contributed by atoms with van der Waals surface area (Å²) < 4.78 is 6.04. The fraction of sp³-hybridized carbons (Fsp3) is 0.300. The van der Waals surface area contributed by atoms with Gasteiger partial charge in [-0.2, -0.15) is 0 Å². The Bertz CT molecular complexity index is 343. The van der Waals surface area contributed by atoms with E-state index in [1.54, 1.807) is 7.11 Å². The predicted molar refractivity (Wildman–Crippen MR) is 55.7 cm³/mol. The Morgan fingerprint density at radius 2 is 2.23 bits per heavy atom. The molecule has 0 saturated heterocycles. The van der Waals surface area contributed by atoms with Gasteiger partial charge < -0.3 is 9.58 Å². The molecule has 13 heavy (non-hydrogen) atoms. The average Bonchev–Trinajstić information content (AvgIpc) is 2.17. The van der Waals surface area contributed by atoms with E-state index in [2.05, 4.69) is 20.8 Å². The first-order chi connectivity index (χ1) is 6.19. The summed E-state index contributed by atoms with van der Waals surface area (Å²) >= 11 is 3.40. The quantitative estimate of drug-likeness (QED) is 0.722. The lowest BCUT2D eigenvalue weighted by atomic mass is 10.1. The van der Waals surface area contributed by atoms with Crippen LogP contribution in [-0.2, 0) is 0 Å². The molecule has 0 amide bonds. The second kappa shape index (κ2) is 4.29. The van der Waals surface area contributed by atoms with Crippen LogP contribution >= 0.6 is 15.9 Å². The van der Waals surface area contributed by atoms with Crippen LogP contribution in [0.15, 0.2) is 22.7 Å². The lowest BCUT2D eigenvalue weighted by Crippen LogP contribution is -1.91. The highest BCUT2D eigenvalue weighted by Gasteiger charge is 2.13. The van der Waals surface area contributed by atoms with Gasteiger partial charge in [-0.15, -0.1) is 0 Å². The van der Waals surface area contributed by atoms with E-state index >= 15 is 0 Å². The SMILES string of the molecule is [C-]#[N+]C(C)c1cc(OC)ccc1Br. The molecule has 0 aromatic heterocycles. The summed E-state index contributed by atoms with van der Waals surface area (Å²) in [5.41, 5.74) is 0.967. The first-order valence-electron chi connectivity index (χ1n) is 3.89. The molecular weight excluding hydrogens is 230 g/mol. The summed E-state index contributed by atoms with van der Waals surface area (Å²) in [6.07, 6.45) is 0. The van der Waals surface area contributed by atoms with Crippen LogP contribution in [0.3, 0.4) is 0 Å². The van der Waals surface area contributed by atoms with Crippen molar-refractivity contribution in [3.05, 3.63) is 39.7 Å². The zero-order chi connectivity index (χ0) is 9.84. The molecule has 0 aliphatic rings. The van der Waals surface area contributed by atoms with Crippen molar-refractivity contribution in [3.63, 3.8) is 0 Å². The lowest BCUT2D eigenvalue weighted by molar-refractivity contribution is 0.414. The number of rotatable bonds is 2. The first kappa shape index (κ1) is 10.1. The van der Waals surface area contributed by atoms with Gasteiger partial charge in [-0.05, 0) is 18.2 Å². The fourth-order valence-electron chi connectivity index (χ4n) is 1.04. The van der Waals surface area contributed by atoms with Crippen LogP contribution in [0.4, 0.5) is 0 Å². The maximum atomic E-state index is 6.93. The standard InChI is InChI=1S/C10H10BrNO/c1-7(12-2)9-6-8(13-3)4-5-10(9)11/h4-7H,1,3H3. The summed E-state index contributed by atoms with van der Waals surface area (Å²) in [5.74, 6) is 0.786. The van der Waals surface area contributed by atoms with Gasteiger partial charge in [-0.1, -0.05) is 15.9 Å². The van der Waals surface area contributed by atoms with Crippen LogP contribution in [-0.4, -0.2) is 7.11 Å². The van der Waals surface area contributed by atoms with E-state index in [0.29, 0.717) is 0 Å². The minimum atomic E-state index is -0.135. The molecule has 0 saturated carbocycles. The maximum absolute atomic E-state index is 6.93. The molecule has 2 nitrogen and oxygen atoms in total. The van der Waals surface area contributed by atoms with Crippen molar-refractivity contribution in [1.29, 1.82) is 0 Å². The highest BCUT2D eigenvalue weighted by Crippen LogP contribution is 2.29. The molecule has 1 unspecified atom stereocenters. The van der Waals surface area contributed by atoms with Crippen LogP contribution in [0, 0.1) is 6.57 Å². The summed E-state index contributed by atoms with van der Waals surface area (Å²) in [4.78, 5) is 3.46. The lowest BCUT2D eigenvalue weighted by Gasteiger charge is -2.05. The number of ether oxygens (including phenoxy) is 1. The molecule has 0 radical (unpaired) electrons. The van der Waals surface area contributed by atoms with Crippen LogP contribution in [0.1, 0.15) is 18.5 Å². The molecule has 1 rings (SSSR count). The van der Waals surface area contributed by atoms with Crippen LogP contribution in [0.5, 0.6) is 5.75 Å². The van der Waals surface area contributed by atoms with Crippen LogP contribution in [0.2, 0.25) is 0 Å². The molecule has 1 aromatic rings. The zero-order valence-corrected chi connectivity index (χ0v) is 9.13. The molecule has 1 aromatic carbocycles. The molecule has 0 fully saturated rings. The van der Waals surface area contributed by atoms with Gasteiger partial charge in [0, 0.05) is 11.4 Å². The van der Waals surface area contributed by atoms with E-state index in [4.69, 9.17) is 11.3 Å². The van der Waals surface area contributed by atoms with E-state index in [9.17, 15) is 0 Å². The third kappa shape index (κ3) is 2.22. The summed E-state index contributed by atoms with van der Waals surface area (Å²) in [5, 5.41) is 0. The number of benzene rings is 1. The van der Waals surface area contributed by atoms with Crippen molar-refractivity contribution >= 4 is 15.9 Å². The Balaban J connectivity index is 3.12. The zero-order valence-electron chi connectivity index (χ0n) is 7.54. The Kier molecular flexibility index (Phi) is 3.32. The molecule has 0 bridgehead atoms. The Morgan fingerprint density at radius 3 is 2.77 bits per heavy atom. The van der Waals surface area contributed by atoms with Gasteiger partial charge in [0.15, 0.2) is 0 Å². The Hall–Kier alpha value is -1.01. The Labute approximate surface area is 86.5 Å². The van der Waals surface area contributed by atoms with Crippen molar-refractivity contribution < 1.29 is 4.74 Å². The minimum Gasteiger partial charge on any atom is -0.497 e. The largest absolute Gasteiger partial charge is 0.497 e. The summed E-state index contributed by atoms with van der Waals surface area (Å²) in [6, 6.07) is 5.51. The number of nitrogens with zero attached hydrogens (tertiary/aromatic N) is 1. The fourth-order valence-corrected chi connectivity index (χ4v) is 1.62. The van der Waals surface area contributed by atoms with Gasteiger partial charge in [0.05, 0.1) is 12.7 Å². The third-order valence-electron chi connectivity index (χ3n) is 1.85. The van der Waals surface area contributed by atoms with Gasteiger partial charge in [-0.3, -0.25) is 0 Å². The van der Waals surface area contributed by atoms with E-state index in [1.807, 2.05) is 25.1 Å². The normalized spacial score (nSPS) is 11.8. The number of methoxy groups -OCH3 is 1. The smallest absolute Gasteiger partial charge is 0.247 e. The van der Waals surface area contributed by atoms with Crippen molar-refractivity contribution in [2.75, 3.05) is 7.11 Å².